The Bertz CT molecular complexity index is 209. The van der Waals surface area contributed by atoms with Crippen molar-refractivity contribution in [3.63, 3.8) is 0 Å². The topological polar surface area (TPSA) is 26.3 Å². The lowest BCUT2D eigenvalue weighted by molar-refractivity contribution is -0.143. The van der Waals surface area contributed by atoms with Crippen molar-refractivity contribution < 1.29 is 9.53 Å². The first kappa shape index (κ1) is 17.2. The summed E-state index contributed by atoms with van der Waals surface area (Å²) in [5.74, 6) is -0.0321. The normalized spacial score (nSPS) is 11.0. The van der Waals surface area contributed by atoms with Gasteiger partial charge in [-0.25, -0.2) is 0 Å². The second-order valence-corrected chi connectivity index (χ2v) is 4.79. The number of esters is 1. The molecule has 0 amide bonds. The maximum absolute atomic E-state index is 11.3. The highest BCUT2D eigenvalue weighted by atomic mass is 16.5. The van der Waals surface area contributed by atoms with Gasteiger partial charge in [0.1, 0.15) is 0 Å². The van der Waals surface area contributed by atoms with E-state index in [9.17, 15) is 4.79 Å². The van der Waals surface area contributed by atoms with Crippen molar-refractivity contribution in [3.8, 4) is 0 Å². The van der Waals surface area contributed by atoms with E-state index in [4.69, 9.17) is 4.74 Å². The number of ether oxygens (including phenoxy) is 1. The van der Waals surface area contributed by atoms with Crippen molar-refractivity contribution >= 4 is 5.97 Å². The maximum atomic E-state index is 11.3. The Kier molecular flexibility index (Phi) is 13.6. The summed E-state index contributed by atoms with van der Waals surface area (Å²) in [6.07, 6.45) is 15.3. The molecule has 0 aromatic carbocycles. The van der Waals surface area contributed by atoms with Gasteiger partial charge in [-0.1, -0.05) is 51.7 Å². The van der Waals surface area contributed by atoms with Crippen LogP contribution >= 0.6 is 0 Å². The summed E-state index contributed by atoms with van der Waals surface area (Å²) in [7, 11) is 0. The Morgan fingerprint density at radius 1 is 0.889 bits per heavy atom. The molecule has 0 bridgehead atoms. The van der Waals surface area contributed by atoms with Crippen LogP contribution in [0.3, 0.4) is 0 Å². The van der Waals surface area contributed by atoms with Gasteiger partial charge in [0.25, 0.3) is 0 Å². The molecule has 0 fully saturated rings. The van der Waals surface area contributed by atoms with E-state index in [2.05, 4.69) is 26.0 Å². The van der Waals surface area contributed by atoms with Crippen LogP contribution in [0, 0.1) is 0 Å². The summed E-state index contributed by atoms with van der Waals surface area (Å²) >= 11 is 0. The molecule has 2 nitrogen and oxygen atoms in total. The van der Waals surface area contributed by atoms with E-state index >= 15 is 0 Å². The van der Waals surface area contributed by atoms with Gasteiger partial charge in [0.05, 0.1) is 6.61 Å². The predicted octanol–water partition coefficient (Wildman–Crippen LogP) is 5.03. The number of unbranched alkanes of at least 4 members (excludes halogenated alkanes) is 6. The first-order valence-corrected chi connectivity index (χ1v) is 7.61. The quantitative estimate of drug-likeness (QED) is 0.277. The molecule has 0 atom stereocenters. The molecule has 18 heavy (non-hydrogen) atoms. The molecule has 0 saturated carbocycles. The van der Waals surface area contributed by atoms with Gasteiger partial charge in [-0.2, -0.15) is 0 Å². The Morgan fingerprint density at radius 2 is 1.50 bits per heavy atom. The summed E-state index contributed by atoms with van der Waals surface area (Å²) < 4.78 is 5.16. The minimum absolute atomic E-state index is 0.0321. The molecular weight excluding hydrogens is 224 g/mol. The lowest BCUT2D eigenvalue weighted by Gasteiger charge is -2.03. The highest BCUT2D eigenvalue weighted by Crippen LogP contribution is 2.03. The largest absolute Gasteiger partial charge is 0.466 e. The molecule has 0 rings (SSSR count). The van der Waals surface area contributed by atoms with E-state index in [-0.39, 0.29) is 5.97 Å². The number of allylic oxidation sites excluding steroid dienone is 2. The second-order valence-electron chi connectivity index (χ2n) is 4.79. The molecule has 0 aliphatic heterocycles. The minimum Gasteiger partial charge on any atom is -0.466 e. The molecule has 0 heterocycles. The van der Waals surface area contributed by atoms with Crippen LogP contribution in [0.2, 0.25) is 0 Å². The van der Waals surface area contributed by atoms with E-state index in [1.165, 1.54) is 25.7 Å². The predicted molar refractivity (Wildman–Crippen MR) is 77.6 cm³/mol. The average Bonchev–Trinajstić information content (AvgIpc) is 2.37. The fraction of sp³-hybridized carbons (Fsp3) is 0.812. The number of hydrogen-bond donors (Lipinski definition) is 0. The molecule has 106 valence electrons. The van der Waals surface area contributed by atoms with Gasteiger partial charge >= 0.3 is 5.97 Å². The SMILES string of the molecule is CCCCC/C=C\CCCOC(=O)CCCCC. The standard InChI is InChI=1S/C16H30O2/c1-3-5-7-8-9-10-11-13-15-18-16(17)14-12-6-4-2/h9-10H,3-8,11-15H2,1-2H3/b10-9-. The van der Waals surface area contributed by atoms with Crippen molar-refractivity contribution in [2.75, 3.05) is 6.61 Å². The molecular formula is C16H30O2. The van der Waals surface area contributed by atoms with E-state index in [0.29, 0.717) is 13.0 Å². The lowest BCUT2D eigenvalue weighted by atomic mass is 10.2. The number of hydrogen-bond acceptors (Lipinski definition) is 2. The first-order valence-electron chi connectivity index (χ1n) is 7.61. The molecule has 2 heteroatoms. The molecule has 0 aromatic rings. The van der Waals surface area contributed by atoms with Crippen molar-refractivity contribution in [3.05, 3.63) is 12.2 Å². The minimum atomic E-state index is -0.0321. The van der Waals surface area contributed by atoms with Crippen molar-refractivity contribution in [2.45, 2.75) is 78.1 Å². The molecule has 0 spiro atoms. The smallest absolute Gasteiger partial charge is 0.305 e. The van der Waals surface area contributed by atoms with Crippen LogP contribution in [0.1, 0.15) is 78.1 Å². The van der Waals surface area contributed by atoms with Crippen LogP contribution in [0.25, 0.3) is 0 Å². The Labute approximate surface area is 113 Å². The number of carbonyl (C=O) groups is 1. The first-order chi connectivity index (χ1) is 8.81. The van der Waals surface area contributed by atoms with Crippen LogP contribution in [0.15, 0.2) is 12.2 Å². The fourth-order valence-corrected chi connectivity index (χ4v) is 1.73. The summed E-state index contributed by atoms with van der Waals surface area (Å²) in [4.78, 5) is 11.3. The van der Waals surface area contributed by atoms with Crippen LogP contribution in [-0.2, 0) is 9.53 Å². The van der Waals surface area contributed by atoms with E-state index < -0.39 is 0 Å². The zero-order chi connectivity index (χ0) is 13.5. The summed E-state index contributed by atoms with van der Waals surface area (Å²) in [6, 6.07) is 0. The third-order valence-corrected chi connectivity index (χ3v) is 2.90. The monoisotopic (exact) mass is 254 g/mol. The molecule has 0 aliphatic carbocycles. The molecule has 0 aliphatic rings. The van der Waals surface area contributed by atoms with E-state index in [1.807, 2.05) is 0 Å². The molecule has 0 radical (unpaired) electrons. The van der Waals surface area contributed by atoms with E-state index in [1.54, 1.807) is 0 Å². The van der Waals surface area contributed by atoms with Gasteiger partial charge < -0.3 is 4.74 Å². The third kappa shape index (κ3) is 13.3. The molecule has 0 aromatic heterocycles. The molecule has 0 N–H and O–H groups in total. The lowest BCUT2D eigenvalue weighted by Crippen LogP contribution is -2.05. The fourth-order valence-electron chi connectivity index (χ4n) is 1.73. The Morgan fingerprint density at radius 3 is 2.17 bits per heavy atom. The summed E-state index contributed by atoms with van der Waals surface area (Å²) in [5.41, 5.74) is 0. The molecule has 0 saturated heterocycles. The van der Waals surface area contributed by atoms with Gasteiger partial charge in [-0.15, -0.1) is 0 Å². The van der Waals surface area contributed by atoms with Gasteiger partial charge in [0, 0.05) is 6.42 Å². The number of rotatable bonds is 12. The molecule has 0 unspecified atom stereocenters. The van der Waals surface area contributed by atoms with Crippen LogP contribution < -0.4 is 0 Å². The summed E-state index contributed by atoms with van der Waals surface area (Å²) in [5, 5.41) is 0. The van der Waals surface area contributed by atoms with Gasteiger partial charge in [0.2, 0.25) is 0 Å². The van der Waals surface area contributed by atoms with E-state index in [0.717, 1.165) is 32.1 Å². The summed E-state index contributed by atoms with van der Waals surface area (Å²) in [6.45, 7) is 4.93. The zero-order valence-electron chi connectivity index (χ0n) is 12.2. The highest BCUT2D eigenvalue weighted by Gasteiger charge is 2.00. The van der Waals surface area contributed by atoms with Gasteiger partial charge in [0.15, 0.2) is 0 Å². The zero-order valence-corrected chi connectivity index (χ0v) is 12.2. The van der Waals surface area contributed by atoms with Crippen molar-refractivity contribution in [1.82, 2.24) is 0 Å². The maximum Gasteiger partial charge on any atom is 0.305 e. The number of carbonyl (C=O) groups excluding carboxylic acids is 1. The Hall–Kier alpha value is -0.790. The average molecular weight is 254 g/mol. The van der Waals surface area contributed by atoms with Crippen molar-refractivity contribution in [2.24, 2.45) is 0 Å². The van der Waals surface area contributed by atoms with Crippen LogP contribution in [0.4, 0.5) is 0 Å². The Balaban J connectivity index is 3.21. The van der Waals surface area contributed by atoms with Gasteiger partial charge in [-0.05, 0) is 32.1 Å². The third-order valence-electron chi connectivity index (χ3n) is 2.90. The van der Waals surface area contributed by atoms with Crippen LogP contribution in [-0.4, -0.2) is 12.6 Å². The van der Waals surface area contributed by atoms with Crippen molar-refractivity contribution in [1.29, 1.82) is 0 Å². The van der Waals surface area contributed by atoms with Crippen LogP contribution in [0.5, 0.6) is 0 Å². The highest BCUT2D eigenvalue weighted by molar-refractivity contribution is 5.69. The van der Waals surface area contributed by atoms with Gasteiger partial charge in [-0.3, -0.25) is 4.79 Å². The second kappa shape index (κ2) is 14.3.